The number of aliphatic hydroxyl groups excluding tert-OH is 1. The Kier molecular flexibility index (Phi) is 3.48. The van der Waals surface area contributed by atoms with E-state index in [1.54, 1.807) is 0 Å². The van der Waals surface area contributed by atoms with Gasteiger partial charge in [0.05, 0.1) is 0 Å². The summed E-state index contributed by atoms with van der Waals surface area (Å²) in [6, 6.07) is 0. The molecular formula is C20H26O3. The predicted molar refractivity (Wildman–Crippen MR) is 89.9 cm³/mol. The van der Waals surface area contributed by atoms with Crippen LogP contribution in [0.2, 0.25) is 0 Å². The molecule has 1 fully saturated rings. The van der Waals surface area contributed by atoms with E-state index in [1.165, 1.54) is 0 Å². The highest BCUT2D eigenvalue weighted by molar-refractivity contribution is 6.26. The highest BCUT2D eigenvalue weighted by Gasteiger charge is 2.53. The molecule has 23 heavy (non-hydrogen) atoms. The van der Waals surface area contributed by atoms with E-state index in [9.17, 15) is 14.7 Å². The van der Waals surface area contributed by atoms with Crippen LogP contribution in [-0.4, -0.2) is 16.7 Å². The second kappa shape index (κ2) is 4.93. The first-order chi connectivity index (χ1) is 10.6. The number of allylic oxidation sites excluding steroid dienone is 5. The largest absolute Gasteiger partial charge is 0.504 e. The molecule has 0 aliphatic heterocycles. The van der Waals surface area contributed by atoms with Gasteiger partial charge >= 0.3 is 0 Å². The van der Waals surface area contributed by atoms with Crippen LogP contribution in [0.15, 0.2) is 34.6 Å². The van der Waals surface area contributed by atoms with Crippen molar-refractivity contribution in [2.75, 3.05) is 0 Å². The Morgan fingerprint density at radius 1 is 1.13 bits per heavy atom. The Morgan fingerprint density at radius 3 is 2.39 bits per heavy atom. The summed E-state index contributed by atoms with van der Waals surface area (Å²) in [6.07, 6.45) is 7.00. The number of carbonyl (C=O) groups excluding carboxylic acids is 2. The van der Waals surface area contributed by atoms with Crippen molar-refractivity contribution in [1.29, 1.82) is 0 Å². The maximum atomic E-state index is 12.9. The third-order valence-electron chi connectivity index (χ3n) is 6.11. The molecule has 0 spiro atoms. The van der Waals surface area contributed by atoms with Crippen LogP contribution in [-0.2, 0) is 9.59 Å². The van der Waals surface area contributed by atoms with Crippen molar-refractivity contribution in [1.82, 2.24) is 0 Å². The molecule has 0 bridgehead atoms. The summed E-state index contributed by atoms with van der Waals surface area (Å²) in [5.74, 6) is -0.790. The van der Waals surface area contributed by atoms with Crippen LogP contribution in [0.25, 0.3) is 0 Å². The Hall–Kier alpha value is -1.64. The van der Waals surface area contributed by atoms with Crippen molar-refractivity contribution in [2.45, 2.75) is 53.9 Å². The third kappa shape index (κ3) is 2.09. The van der Waals surface area contributed by atoms with E-state index >= 15 is 0 Å². The van der Waals surface area contributed by atoms with Crippen LogP contribution in [0, 0.1) is 22.7 Å². The number of aliphatic hydroxyl groups is 1. The summed E-state index contributed by atoms with van der Waals surface area (Å²) in [7, 11) is 0. The SMILES string of the molecule is CC(C)C1=C(O)C(=O)C2=C(C=CC3C(C)(C)CCC[C@]23C)C1=O. The van der Waals surface area contributed by atoms with Gasteiger partial charge in [0.1, 0.15) is 0 Å². The number of rotatable bonds is 1. The Balaban J connectivity index is 2.18. The highest BCUT2D eigenvalue weighted by Crippen LogP contribution is 2.58. The van der Waals surface area contributed by atoms with Gasteiger partial charge in [0, 0.05) is 22.1 Å². The molecule has 0 radical (unpaired) electrons. The van der Waals surface area contributed by atoms with Gasteiger partial charge in [-0.15, -0.1) is 0 Å². The maximum absolute atomic E-state index is 12.9. The molecule has 0 aromatic carbocycles. The summed E-state index contributed by atoms with van der Waals surface area (Å²) in [4.78, 5) is 25.8. The zero-order valence-electron chi connectivity index (χ0n) is 14.7. The Bertz CT molecular complexity index is 688. The van der Waals surface area contributed by atoms with Gasteiger partial charge in [-0.05, 0) is 30.1 Å². The van der Waals surface area contributed by atoms with E-state index < -0.39 is 0 Å². The molecule has 0 saturated heterocycles. The quantitative estimate of drug-likeness (QED) is 0.734. The normalized spacial score (nSPS) is 33.2. The fourth-order valence-corrected chi connectivity index (χ4v) is 5.02. The van der Waals surface area contributed by atoms with Gasteiger partial charge in [0.25, 0.3) is 0 Å². The van der Waals surface area contributed by atoms with Crippen LogP contribution in [0.5, 0.6) is 0 Å². The van der Waals surface area contributed by atoms with E-state index in [1.807, 2.05) is 19.9 Å². The fourth-order valence-electron chi connectivity index (χ4n) is 5.02. The topological polar surface area (TPSA) is 54.4 Å². The number of hydrogen-bond acceptors (Lipinski definition) is 3. The number of Topliss-reactive ketones (excluding diaryl/α,β-unsaturated/α-hetero) is 2. The Morgan fingerprint density at radius 2 is 1.78 bits per heavy atom. The van der Waals surface area contributed by atoms with Crippen LogP contribution in [0.4, 0.5) is 0 Å². The fraction of sp³-hybridized carbons (Fsp3) is 0.600. The molecule has 3 aliphatic rings. The average molecular weight is 314 g/mol. The Labute approximate surface area is 138 Å². The zero-order chi connectivity index (χ0) is 17.2. The van der Waals surface area contributed by atoms with Gasteiger partial charge in [-0.1, -0.05) is 53.2 Å². The van der Waals surface area contributed by atoms with E-state index in [0.29, 0.717) is 11.1 Å². The second-order valence-electron chi connectivity index (χ2n) is 8.46. The molecule has 1 unspecified atom stereocenters. The standard InChI is InChI=1S/C20H26O3/c1-11(2)14-16(21)12-7-8-13-19(3,4)9-6-10-20(13,5)15(12)18(23)17(14)22/h7-8,11,13,22H,6,9-10H2,1-5H3/t13?,20-/m0/s1. The summed E-state index contributed by atoms with van der Waals surface area (Å²) in [5.41, 5.74) is 1.03. The first kappa shape index (κ1) is 16.2. The van der Waals surface area contributed by atoms with E-state index in [-0.39, 0.29) is 45.6 Å². The first-order valence-electron chi connectivity index (χ1n) is 8.57. The summed E-state index contributed by atoms with van der Waals surface area (Å²) < 4.78 is 0. The smallest absolute Gasteiger partial charge is 0.225 e. The lowest BCUT2D eigenvalue weighted by Crippen LogP contribution is -2.47. The monoisotopic (exact) mass is 314 g/mol. The number of hydrogen-bond donors (Lipinski definition) is 1. The number of carbonyl (C=O) groups is 2. The van der Waals surface area contributed by atoms with E-state index in [4.69, 9.17) is 0 Å². The zero-order valence-corrected chi connectivity index (χ0v) is 14.7. The molecule has 3 rings (SSSR count). The minimum atomic E-state index is -0.366. The molecule has 3 heteroatoms. The van der Waals surface area contributed by atoms with Crippen LogP contribution in [0.3, 0.4) is 0 Å². The minimum Gasteiger partial charge on any atom is -0.504 e. The molecule has 124 valence electrons. The molecule has 1 saturated carbocycles. The lowest BCUT2D eigenvalue weighted by molar-refractivity contribution is -0.120. The summed E-state index contributed by atoms with van der Waals surface area (Å²) in [5, 5.41) is 10.4. The molecule has 2 atom stereocenters. The molecule has 1 N–H and O–H groups in total. The predicted octanol–water partition coefficient (Wildman–Crippen LogP) is 4.31. The molecular weight excluding hydrogens is 288 g/mol. The van der Waals surface area contributed by atoms with Gasteiger partial charge in [-0.3, -0.25) is 9.59 Å². The number of ketones is 2. The van der Waals surface area contributed by atoms with Crippen molar-refractivity contribution in [3.8, 4) is 0 Å². The second-order valence-corrected chi connectivity index (χ2v) is 8.46. The van der Waals surface area contributed by atoms with Crippen molar-refractivity contribution < 1.29 is 14.7 Å². The van der Waals surface area contributed by atoms with Crippen molar-refractivity contribution >= 4 is 11.6 Å². The van der Waals surface area contributed by atoms with Gasteiger partial charge in [-0.2, -0.15) is 0 Å². The molecule has 0 heterocycles. The average Bonchev–Trinajstić information content (AvgIpc) is 2.43. The van der Waals surface area contributed by atoms with Gasteiger partial charge < -0.3 is 5.11 Å². The molecule has 0 aromatic heterocycles. The lowest BCUT2D eigenvalue weighted by atomic mass is 9.50. The van der Waals surface area contributed by atoms with Crippen LogP contribution >= 0.6 is 0 Å². The van der Waals surface area contributed by atoms with Crippen molar-refractivity contribution in [3.05, 3.63) is 34.6 Å². The van der Waals surface area contributed by atoms with Gasteiger partial charge in [0.2, 0.25) is 5.78 Å². The lowest BCUT2D eigenvalue weighted by Gasteiger charge is -2.52. The van der Waals surface area contributed by atoms with Gasteiger partial charge in [0.15, 0.2) is 11.5 Å². The summed E-state index contributed by atoms with van der Waals surface area (Å²) >= 11 is 0. The molecule has 0 aromatic rings. The maximum Gasteiger partial charge on any atom is 0.225 e. The summed E-state index contributed by atoms with van der Waals surface area (Å²) in [6.45, 7) is 10.2. The number of fused-ring (bicyclic) bond motifs is 2. The highest BCUT2D eigenvalue weighted by atomic mass is 16.3. The van der Waals surface area contributed by atoms with E-state index in [0.717, 1.165) is 19.3 Å². The van der Waals surface area contributed by atoms with E-state index in [2.05, 4.69) is 26.8 Å². The molecule has 3 nitrogen and oxygen atoms in total. The first-order valence-corrected chi connectivity index (χ1v) is 8.57. The van der Waals surface area contributed by atoms with Gasteiger partial charge in [-0.25, -0.2) is 0 Å². The van der Waals surface area contributed by atoms with Crippen molar-refractivity contribution in [3.63, 3.8) is 0 Å². The van der Waals surface area contributed by atoms with Crippen molar-refractivity contribution in [2.24, 2.45) is 22.7 Å². The third-order valence-corrected chi connectivity index (χ3v) is 6.11. The minimum absolute atomic E-state index is 0.0863. The molecule has 0 amide bonds. The van der Waals surface area contributed by atoms with Crippen LogP contribution < -0.4 is 0 Å². The van der Waals surface area contributed by atoms with Crippen LogP contribution in [0.1, 0.15) is 53.9 Å². The molecule has 3 aliphatic carbocycles.